The summed E-state index contributed by atoms with van der Waals surface area (Å²) in [5.41, 5.74) is 1.25. The number of methoxy groups -OCH3 is 1. The first kappa shape index (κ1) is 26.1. The summed E-state index contributed by atoms with van der Waals surface area (Å²) in [5, 5.41) is 5.16. The Morgan fingerprint density at radius 2 is 2.00 bits per heavy atom. The van der Waals surface area contributed by atoms with Crippen molar-refractivity contribution in [1.82, 2.24) is 9.66 Å². The summed E-state index contributed by atoms with van der Waals surface area (Å²) in [5.74, 6) is 1.37. The zero-order chi connectivity index (χ0) is 25.7. The van der Waals surface area contributed by atoms with E-state index in [2.05, 4.69) is 27.7 Å². The molecule has 9 heteroatoms. The highest BCUT2D eigenvalue weighted by atomic mass is 127. The third-order valence-corrected chi connectivity index (χ3v) is 7.03. The molecule has 4 rings (SSSR count). The summed E-state index contributed by atoms with van der Waals surface area (Å²) in [4.78, 5) is 30.2. The number of aromatic nitrogens is 2. The minimum Gasteiger partial charge on any atom is -0.490 e. The lowest BCUT2D eigenvalue weighted by Gasteiger charge is -2.22. The van der Waals surface area contributed by atoms with E-state index in [0.29, 0.717) is 34.8 Å². The van der Waals surface area contributed by atoms with Crippen LogP contribution in [0.2, 0.25) is 0 Å². The van der Waals surface area contributed by atoms with Crippen molar-refractivity contribution in [2.45, 2.75) is 58.0 Å². The van der Waals surface area contributed by atoms with Crippen LogP contribution in [0.3, 0.4) is 0 Å². The lowest BCUT2D eigenvalue weighted by atomic mass is 9.88. The van der Waals surface area contributed by atoms with Crippen molar-refractivity contribution in [1.29, 1.82) is 0 Å². The average molecular weight is 603 g/mol. The van der Waals surface area contributed by atoms with Crippen molar-refractivity contribution < 1.29 is 19.0 Å². The lowest BCUT2D eigenvalue weighted by Crippen LogP contribution is -2.25. The zero-order valence-corrected chi connectivity index (χ0v) is 22.9. The lowest BCUT2D eigenvalue weighted by molar-refractivity contribution is -0.148. The first-order chi connectivity index (χ1) is 17.4. The number of benzene rings is 2. The Morgan fingerprint density at radius 1 is 1.25 bits per heavy atom. The minimum absolute atomic E-state index is 0.177. The van der Waals surface area contributed by atoms with Gasteiger partial charge in [0.1, 0.15) is 5.82 Å². The van der Waals surface area contributed by atoms with Crippen LogP contribution in [0.1, 0.15) is 63.3 Å². The van der Waals surface area contributed by atoms with E-state index in [1.54, 1.807) is 25.3 Å². The highest BCUT2D eigenvalue weighted by molar-refractivity contribution is 14.1. The highest BCUT2D eigenvalue weighted by Crippen LogP contribution is 2.35. The molecule has 36 heavy (non-hydrogen) atoms. The van der Waals surface area contributed by atoms with E-state index in [1.165, 1.54) is 18.2 Å². The standard InChI is InChI=1S/C27H30IN3O5/c1-4-35-23-15-18(14-21(28)24(23)36-17(2)27(33)34-3)16-29-31-25(19-10-6-5-7-11-19)30-22-13-9-8-12-20(22)26(31)32/h8-9,12-17,19H,4-7,10-11H2,1-3H3/t17-/m1/s1. The van der Waals surface area contributed by atoms with E-state index in [0.717, 1.165) is 34.8 Å². The van der Waals surface area contributed by atoms with Gasteiger partial charge in [0.25, 0.3) is 5.56 Å². The fourth-order valence-corrected chi connectivity index (χ4v) is 5.19. The first-order valence-corrected chi connectivity index (χ1v) is 13.3. The molecule has 1 saturated carbocycles. The molecule has 1 aromatic heterocycles. The van der Waals surface area contributed by atoms with Crippen LogP contribution in [0.5, 0.6) is 11.5 Å². The van der Waals surface area contributed by atoms with Crippen LogP contribution in [0.4, 0.5) is 0 Å². The summed E-state index contributed by atoms with van der Waals surface area (Å²) in [6.07, 6.45) is 6.30. The third-order valence-electron chi connectivity index (χ3n) is 6.23. The highest BCUT2D eigenvalue weighted by Gasteiger charge is 2.23. The van der Waals surface area contributed by atoms with E-state index in [4.69, 9.17) is 19.2 Å². The number of ether oxygens (including phenoxy) is 3. The monoisotopic (exact) mass is 603 g/mol. The van der Waals surface area contributed by atoms with E-state index in [1.807, 2.05) is 31.2 Å². The number of carbonyl (C=O) groups is 1. The molecule has 0 radical (unpaired) electrons. The van der Waals surface area contributed by atoms with Gasteiger partial charge in [0.15, 0.2) is 17.6 Å². The van der Waals surface area contributed by atoms with Gasteiger partial charge in [-0.3, -0.25) is 4.79 Å². The molecular formula is C27H30IN3O5. The molecule has 1 aliphatic carbocycles. The maximum Gasteiger partial charge on any atom is 0.346 e. The number of halogens is 1. The second-order valence-corrected chi connectivity index (χ2v) is 9.89. The molecule has 2 aromatic carbocycles. The molecule has 1 aliphatic rings. The second-order valence-electron chi connectivity index (χ2n) is 8.73. The molecule has 3 aromatic rings. The average Bonchev–Trinajstić information content (AvgIpc) is 2.90. The molecule has 190 valence electrons. The fourth-order valence-electron chi connectivity index (χ4n) is 4.43. The molecule has 1 fully saturated rings. The number of fused-ring (bicyclic) bond motifs is 1. The van der Waals surface area contributed by atoms with E-state index >= 15 is 0 Å². The number of hydrogen-bond acceptors (Lipinski definition) is 7. The Labute approximate surface area is 223 Å². The van der Waals surface area contributed by atoms with Crippen LogP contribution in [0.15, 0.2) is 46.3 Å². The van der Waals surface area contributed by atoms with Crippen molar-refractivity contribution in [2.24, 2.45) is 5.10 Å². The summed E-state index contributed by atoms with van der Waals surface area (Å²) >= 11 is 2.13. The van der Waals surface area contributed by atoms with Gasteiger partial charge in [0, 0.05) is 5.92 Å². The number of hydrogen-bond donors (Lipinski definition) is 0. The maximum absolute atomic E-state index is 13.4. The Morgan fingerprint density at radius 3 is 2.72 bits per heavy atom. The van der Waals surface area contributed by atoms with Crippen LogP contribution in [0.25, 0.3) is 10.9 Å². The third kappa shape index (κ3) is 5.71. The summed E-state index contributed by atoms with van der Waals surface area (Å²) in [6.45, 7) is 3.91. The fraction of sp³-hybridized carbons (Fsp3) is 0.407. The second kappa shape index (κ2) is 11.9. The van der Waals surface area contributed by atoms with Gasteiger partial charge >= 0.3 is 5.97 Å². The number of nitrogens with zero attached hydrogens (tertiary/aromatic N) is 3. The van der Waals surface area contributed by atoms with Crippen molar-refractivity contribution in [3.8, 4) is 11.5 Å². The van der Waals surface area contributed by atoms with Crippen molar-refractivity contribution in [2.75, 3.05) is 13.7 Å². The molecule has 0 bridgehead atoms. The first-order valence-electron chi connectivity index (χ1n) is 12.2. The molecule has 1 atom stereocenters. The van der Waals surface area contributed by atoms with Gasteiger partial charge in [0.05, 0.1) is 34.4 Å². The maximum atomic E-state index is 13.4. The van der Waals surface area contributed by atoms with E-state index in [9.17, 15) is 9.59 Å². The molecule has 1 heterocycles. The van der Waals surface area contributed by atoms with Gasteiger partial charge in [-0.1, -0.05) is 31.4 Å². The normalized spacial score (nSPS) is 15.2. The van der Waals surface area contributed by atoms with Gasteiger partial charge in [0.2, 0.25) is 0 Å². The van der Waals surface area contributed by atoms with Gasteiger partial charge in [-0.25, -0.2) is 9.78 Å². The van der Waals surface area contributed by atoms with Crippen LogP contribution in [-0.2, 0) is 9.53 Å². The Bertz CT molecular complexity index is 1330. The quantitative estimate of drug-likeness (QED) is 0.198. The van der Waals surface area contributed by atoms with Gasteiger partial charge < -0.3 is 14.2 Å². The van der Waals surface area contributed by atoms with Gasteiger partial charge in [-0.2, -0.15) is 9.78 Å². The zero-order valence-electron chi connectivity index (χ0n) is 20.7. The molecule has 0 aliphatic heterocycles. The van der Waals surface area contributed by atoms with Crippen LogP contribution in [-0.4, -0.2) is 41.7 Å². The molecule has 0 spiro atoms. The molecular weight excluding hydrogens is 573 g/mol. The Kier molecular flexibility index (Phi) is 8.60. The number of rotatable bonds is 8. The topological polar surface area (TPSA) is 92.0 Å². The largest absolute Gasteiger partial charge is 0.490 e. The molecule has 0 unspecified atom stereocenters. The summed E-state index contributed by atoms with van der Waals surface area (Å²) < 4.78 is 18.6. The van der Waals surface area contributed by atoms with Crippen molar-refractivity contribution >= 4 is 45.7 Å². The summed E-state index contributed by atoms with van der Waals surface area (Å²) in [7, 11) is 1.32. The van der Waals surface area contributed by atoms with Crippen LogP contribution < -0.4 is 15.0 Å². The van der Waals surface area contributed by atoms with E-state index in [-0.39, 0.29) is 11.5 Å². The molecule has 0 amide bonds. The van der Waals surface area contributed by atoms with Crippen molar-refractivity contribution in [3.05, 3.63) is 61.7 Å². The Balaban J connectivity index is 1.75. The smallest absolute Gasteiger partial charge is 0.346 e. The van der Waals surface area contributed by atoms with E-state index < -0.39 is 12.1 Å². The van der Waals surface area contributed by atoms with Gasteiger partial charge in [-0.05, 0) is 79.1 Å². The number of esters is 1. The predicted molar refractivity (Wildman–Crippen MR) is 147 cm³/mol. The molecule has 0 saturated heterocycles. The molecule has 0 N–H and O–H groups in total. The van der Waals surface area contributed by atoms with Crippen LogP contribution in [0, 0.1) is 3.57 Å². The van der Waals surface area contributed by atoms with Gasteiger partial charge in [-0.15, -0.1) is 0 Å². The van der Waals surface area contributed by atoms with Crippen molar-refractivity contribution in [3.63, 3.8) is 0 Å². The Hall–Kier alpha value is -2.95. The SMILES string of the molecule is CCOc1cc(C=Nn2c(C3CCCCC3)nc3ccccc3c2=O)cc(I)c1O[C@H](C)C(=O)OC. The number of carbonyl (C=O) groups excluding carboxylic acids is 1. The number of para-hydroxylation sites is 1. The molecule has 8 nitrogen and oxygen atoms in total. The predicted octanol–water partition coefficient (Wildman–Crippen LogP) is 5.27. The summed E-state index contributed by atoms with van der Waals surface area (Å²) in [6, 6.07) is 11.0. The van der Waals surface area contributed by atoms with Crippen LogP contribution >= 0.6 is 22.6 Å². The minimum atomic E-state index is -0.789.